The lowest BCUT2D eigenvalue weighted by Crippen LogP contribution is -2.12. The number of halogens is 1. The summed E-state index contributed by atoms with van der Waals surface area (Å²) in [6.45, 7) is 2.57. The van der Waals surface area contributed by atoms with Crippen LogP contribution in [0.4, 0.5) is 0 Å². The Morgan fingerprint density at radius 2 is 2.31 bits per heavy atom. The van der Waals surface area contributed by atoms with E-state index in [1.165, 1.54) is 0 Å². The Balaban J connectivity index is 2.30. The average Bonchev–Trinajstić information content (AvgIpc) is 2.62. The number of hydrogen-bond acceptors (Lipinski definition) is 4. The van der Waals surface area contributed by atoms with Crippen molar-refractivity contribution in [1.29, 1.82) is 0 Å². The van der Waals surface area contributed by atoms with Gasteiger partial charge in [-0.3, -0.25) is 9.38 Å². The van der Waals surface area contributed by atoms with Crippen molar-refractivity contribution in [2.45, 2.75) is 18.2 Å². The Morgan fingerprint density at radius 1 is 1.50 bits per heavy atom. The molecule has 0 N–H and O–H groups in total. The van der Waals surface area contributed by atoms with Crippen LogP contribution in [0.3, 0.4) is 0 Å². The minimum Gasteiger partial charge on any atom is -0.384 e. The molecule has 0 amide bonds. The molecule has 0 bridgehead atoms. The molecule has 0 aliphatic heterocycles. The monoisotopic (exact) mass is 284 g/mol. The molecule has 0 saturated heterocycles. The number of hydrogen-bond donors (Lipinski definition) is 0. The van der Waals surface area contributed by atoms with E-state index in [2.05, 4.69) is 31.1 Å². The van der Waals surface area contributed by atoms with Crippen LogP contribution < -0.4 is 0 Å². The normalized spacial score (nSPS) is 13.2. The van der Waals surface area contributed by atoms with Gasteiger partial charge in [0.05, 0.1) is 12.3 Å². The van der Waals surface area contributed by atoms with Crippen LogP contribution in [0.5, 0.6) is 0 Å². The summed E-state index contributed by atoms with van der Waals surface area (Å²) in [7, 11) is 1.68. The first-order chi connectivity index (χ1) is 7.72. The quantitative estimate of drug-likeness (QED) is 0.796. The fourth-order valence-electron chi connectivity index (χ4n) is 1.59. The summed E-state index contributed by atoms with van der Waals surface area (Å²) in [5, 5.41) is 8.16. The predicted octanol–water partition coefficient (Wildman–Crippen LogP) is 1.39. The SMILES string of the molecule is COCC(Br)Cc1nccn2c(C)nnc12. The molecule has 0 aliphatic carbocycles. The number of aryl methyl sites for hydroxylation is 1. The van der Waals surface area contributed by atoms with Crippen molar-refractivity contribution in [3.63, 3.8) is 0 Å². The van der Waals surface area contributed by atoms with Crippen LogP contribution in [0, 0.1) is 6.92 Å². The van der Waals surface area contributed by atoms with E-state index in [0.29, 0.717) is 6.61 Å². The highest BCUT2D eigenvalue weighted by atomic mass is 79.9. The van der Waals surface area contributed by atoms with Crippen LogP contribution in [0.25, 0.3) is 5.65 Å². The summed E-state index contributed by atoms with van der Waals surface area (Å²) in [6, 6.07) is 0. The largest absolute Gasteiger partial charge is 0.384 e. The number of ether oxygens (including phenoxy) is 1. The Morgan fingerprint density at radius 3 is 3.06 bits per heavy atom. The molecule has 0 aromatic carbocycles. The number of rotatable bonds is 4. The molecule has 86 valence electrons. The molecule has 1 unspecified atom stereocenters. The highest BCUT2D eigenvalue weighted by Crippen LogP contribution is 2.13. The lowest BCUT2D eigenvalue weighted by molar-refractivity contribution is 0.200. The molecule has 0 fully saturated rings. The Labute approximate surface area is 102 Å². The Kier molecular flexibility index (Phi) is 3.50. The van der Waals surface area contributed by atoms with Crippen molar-refractivity contribution < 1.29 is 4.74 Å². The smallest absolute Gasteiger partial charge is 0.182 e. The van der Waals surface area contributed by atoms with Gasteiger partial charge in [0.2, 0.25) is 0 Å². The van der Waals surface area contributed by atoms with Crippen LogP contribution in [-0.2, 0) is 11.2 Å². The lowest BCUT2D eigenvalue weighted by Gasteiger charge is -2.08. The third-order valence-electron chi connectivity index (χ3n) is 2.33. The first-order valence-corrected chi connectivity index (χ1v) is 5.92. The van der Waals surface area contributed by atoms with Gasteiger partial charge >= 0.3 is 0 Å². The van der Waals surface area contributed by atoms with Crippen LogP contribution in [0.2, 0.25) is 0 Å². The molecule has 5 nitrogen and oxygen atoms in total. The second-order valence-corrected chi connectivity index (χ2v) is 4.87. The first-order valence-electron chi connectivity index (χ1n) is 5.00. The van der Waals surface area contributed by atoms with Crippen molar-refractivity contribution in [3.05, 3.63) is 23.9 Å². The summed E-state index contributed by atoms with van der Waals surface area (Å²) < 4.78 is 7.01. The van der Waals surface area contributed by atoms with Gasteiger partial charge in [0, 0.05) is 30.8 Å². The second kappa shape index (κ2) is 4.88. The van der Waals surface area contributed by atoms with Gasteiger partial charge in [-0.15, -0.1) is 10.2 Å². The van der Waals surface area contributed by atoms with Gasteiger partial charge < -0.3 is 4.74 Å². The molecule has 0 aliphatic rings. The van der Waals surface area contributed by atoms with Gasteiger partial charge in [-0.05, 0) is 6.92 Å². The van der Waals surface area contributed by atoms with Crippen molar-refractivity contribution in [2.24, 2.45) is 0 Å². The number of fused-ring (bicyclic) bond motifs is 1. The number of nitrogens with zero attached hydrogens (tertiary/aromatic N) is 4. The van der Waals surface area contributed by atoms with E-state index >= 15 is 0 Å². The highest BCUT2D eigenvalue weighted by molar-refractivity contribution is 9.09. The fraction of sp³-hybridized carbons (Fsp3) is 0.500. The first kappa shape index (κ1) is 11.5. The maximum absolute atomic E-state index is 5.08. The molecule has 2 heterocycles. The standard InChI is InChI=1S/C10H13BrN4O/c1-7-13-14-10-9(5-8(11)6-16-2)12-3-4-15(7)10/h3-4,8H,5-6H2,1-2H3. The zero-order chi connectivity index (χ0) is 11.5. The van der Waals surface area contributed by atoms with Gasteiger partial charge in [-0.2, -0.15) is 0 Å². The summed E-state index contributed by atoms with van der Waals surface area (Å²) in [6.07, 6.45) is 4.41. The topological polar surface area (TPSA) is 52.3 Å². The van der Waals surface area contributed by atoms with Crippen molar-refractivity contribution in [2.75, 3.05) is 13.7 Å². The fourth-order valence-corrected chi connectivity index (χ4v) is 2.16. The third kappa shape index (κ3) is 2.22. The molecular weight excluding hydrogens is 272 g/mol. The van der Waals surface area contributed by atoms with Crippen LogP contribution in [0.1, 0.15) is 11.5 Å². The number of methoxy groups -OCH3 is 1. The van der Waals surface area contributed by atoms with E-state index in [4.69, 9.17) is 4.74 Å². The molecule has 2 rings (SSSR count). The Hall–Kier alpha value is -1.01. The molecule has 1 atom stereocenters. The molecule has 0 radical (unpaired) electrons. The van der Waals surface area contributed by atoms with Gasteiger partial charge in [-0.1, -0.05) is 15.9 Å². The van der Waals surface area contributed by atoms with Crippen LogP contribution >= 0.6 is 15.9 Å². The van der Waals surface area contributed by atoms with Gasteiger partial charge in [0.25, 0.3) is 0 Å². The molecule has 6 heteroatoms. The minimum atomic E-state index is 0.244. The molecule has 2 aromatic heterocycles. The van der Waals surface area contributed by atoms with Crippen molar-refractivity contribution >= 4 is 21.6 Å². The van der Waals surface area contributed by atoms with E-state index in [9.17, 15) is 0 Å². The predicted molar refractivity (Wildman–Crippen MR) is 63.8 cm³/mol. The summed E-state index contributed by atoms with van der Waals surface area (Å²) in [5.41, 5.74) is 1.75. The second-order valence-electron chi connectivity index (χ2n) is 3.57. The molecular formula is C10H13BrN4O. The molecule has 0 spiro atoms. The average molecular weight is 285 g/mol. The van der Waals surface area contributed by atoms with Gasteiger partial charge in [0.15, 0.2) is 5.65 Å². The van der Waals surface area contributed by atoms with Crippen molar-refractivity contribution in [3.8, 4) is 0 Å². The van der Waals surface area contributed by atoms with Gasteiger partial charge in [-0.25, -0.2) is 0 Å². The van der Waals surface area contributed by atoms with E-state index in [0.717, 1.165) is 23.6 Å². The van der Waals surface area contributed by atoms with E-state index in [1.807, 2.05) is 17.5 Å². The van der Waals surface area contributed by atoms with Crippen molar-refractivity contribution in [1.82, 2.24) is 19.6 Å². The lowest BCUT2D eigenvalue weighted by atomic mass is 10.2. The maximum atomic E-state index is 5.08. The van der Waals surface area contributed by atoms with E-state index < -0.39 is 0 Å². The maximum Gasteiger partial charge on any atom is 0.182 e. The highest BCUT2D eigenvalue weighted by Gasteiger charge is 2.12. The summed E-state index contributed by atoms with van der Waals surface area (Å²) in [4.78, 5) is 4.58. The third-order valence-corrected chi connectivity index (χ3v) is 2.92. The van der Waals surface area contributed by atoms with Crippen LogP contribution in [-0.4, -0.2) is 38.1 Å². The molecule has 16 heavy (non-hydrogen) atoms. The summed E-state index contributed by atoms with van der Waals surface area (Å²) in [5.74, 6) is 0.872. The molecule has 0 saturated carbocycles. The van der Waals surface area contributed by atoms with Gasteiger partial charge in [0.1, 0.15) is 5.82 Å². The minimum absolute atomic E-state index is 0.244. The zero-order valence-corrected chi connectivity index (χ0v) is 10.8. The summed E-state index contributed by atoms with van der Waals surface area (Å²) >= 11 is 3.54. The number of aromatic nitrogens is 4. The number of alkyl halides is 1. The zero-order valence-electron chi connectivity index (χ0n) is 9.22. The van der Waals surface area contributed by atoms with E-state index in [1.54, 1.807) is 13.3 Å². The Bertz CT molecular complexity index is 485. The molecule has 2 aromatic rings. The van der Waals surface area contributed by atoms with E-state index in [-0.39, 0.29) is 4.83 Å². The van der Waals surface area contributed by atoms with Crippen LogP contribution in [0.15, 0.2) is 12.4 Å².